The molecule has 0 spiro atoms. The van der Waals surface area contributed by atoms with E-state index in [0.717, 1.165) is 25.1 Å². The van der Waals surface area contributed by atoms with Gasteiger partial charge in [0.1, 0.15) is 41.4 Å². The first-order chi connectivity index (χ1) is 26.5. The molecule has 0 bridgehead atoms. The molecule has 1 amide bonds. The van der Waals surface area contributed by atoms with E-state index in [1.807, 2.05) is 11.8 Å². The maximum atomic E-state index is 17.0. The summed E-state index contributed by atoms with van der Waals surface area (Å²) < 4.78 is 52.4. The second kappa shape index (κ2) is 14.5. The SMILES string of the molecule is Cc1cc(/C=C/C(=O)N2CCN(c3nc(OC[C@@]45CCCN4C[C@H](F)C5)nc4c(F)c(-c5cccc6c(C)c(F)ccc56)ncc34)C[C@@H]2CC#N)nc(C)n1. The number of alkyl halides is 1. The van der Waals surface area contributed by atoms with E-state index in [2.05, 4.69) is 30.9 Å². The number of hydrogen-bond donors (Lipinski definition) is 0. The number of aromatic nitrogens is 5. The van der Waals surface area contributed by atoms with Crippen molar-refractivity contribution in [3.8, 4) is 23.3 Å². The van der Waals surface area contributed by atoms with Crippen molar-refractivity contribution in [2.75, 3.05) is 44.2 Å². The molecule has 3 aromatic heterocycles. The fourth-order valence-corrected chi connectivity index (χ4v) is 8.55. The molecule has 0 radical (unpaired) electrons. The van der Waals surface area contributed by atoms with E-state index in [4.69, 9.17) is 9.72 Å². The third kappa shape index (κ3) is 6.82. The van der Waals surface area contributed by atoms with Gasteiger partial charge in [0.05, 0.1) is 35.2 Å². The molecule has 3 aliphatic rings. The van der Waals surface area contributed by atoms with Crippen LogP contribution in [0, 0.1) is 43.7 Å². The summed E-state index contributed by atoms with van der Waals surface area (Å²) in [5, 5.41) is 11.4. The molecule has 6 heterocycles. The van der Waals surface area contributed by atoms with E-state index in [0.29, 0.717) is 64.1 Å². The van der Waals surface area contributed by atoms with Crippen molar-refractivity contribution in [2.24, 2.45) is 0 Å². The fourth-order valence-electron chi connectivity index (χ4n) is 8.55. The standard InChI is InChI=1S/C41H40F3N9O2/c1-24-18-28(48-26(3)47-24)8-11-35(54)53-17-16-51(22-29(53)12-14-45)39-33-20-46-37(32-7-4-6-30-25(2)34(43)10-9-31(30)32)36(44)38(33)49-40(50-39)55-23-41-13-5-15-52(41)21-27(42)19-41/h4,6-11,18,20,27,29H,5,12-13,15-17,19,21-23H2,1-3H3/b11-8+/t27-,29+,41+/m1/s1. The van der Waals surface area contributed by atoms with Crippen LogP contribution in [0.2, 0.25) is 0 Å². The number of rotatable bonds is 8. The highest BCUT2D eigenvalue weighted by atomic mass is 19.1. The molecule has 282 valence electrons. The number of piperazine rings is 1. The van der Waals surface area contributed by atoms with Crippen molar-refractivity contribution in [3.63, 3.8) is 0 Å². The molecule has 3 atom stereocenters. The molecule has 0 saturated carbocycles. The van der Waals surface area contributed by atoms with Gasteiger partial charge in [0.25, 0.3) is 0 Å². The Hall–Kier alpha value is -5.68. The molecule has 3 fully saturated rings. The van der Waals surface area contributed by atoms with Crippen LogP contribution in [0.5, 0.6) is 6.01 Å². The van der Waals surface area contributed by atoms with Gasteiger partial charge in [-0.25, -0.2) is 23.1 Å². The molecule has 8 rings (SSSR count). The number of amides is 1. The van der Waals surface area contributed by atoms with Crippen LogP contribution in [0.25, 0.3) is 39.0 Å². The van der Waals surface area contributed by atoms with Crippen molar-refractivity contribution in [3.05, 3.63) is 83.1 Å². The lowest BCUT2D eigenvalue weighted by atomic mass is 9.95. The molecule has 3 saturated heterocycles. The zero-order chi connectivity index (χ0) is 38.4. The number of carbonyl (C=O) groups excluding carboxylic acids is 1. The minimum atomic E-state index is -0.957. The van der Waals surface area contributed by atoms with E-state index in [-0.39, 0.29) is 55.1 Å². The molecule has 0 aliphatic carbocycles. The summed E-state index contributed by atoms with van der Waals surface area (Å²) in [6.07, 6.45) is 5.75. The van der Waals surface area contributed by atoms with Gasteiger partial charge in [-0.2, -0.15) is 15.2 Å². The molecule has 2 aromatic carbocycles. The van der Waals surface area contributed by atoms with Gasteiger partial charge in [0.15, 0.2) is 5.82 Å². The predicted octanol–water partition coefficient (Wildman–Crippen LogP) is 6.44. The summed E-state index contributed by atoms with van der Waals surface area (Å²) in [6.45, 7) is 7.39. The molecular formula is C41H40F3N9O2. The van der Waals surface area contributed by atoms with Crippen LogP contribution in [-0.2, 0) is 4.79 Å². The molecule has 55 heavy (non-hydrogen) atoms. The maximum Gasteiger partial charge on any atom is 0.319 e. The second-order valence-corrected chi connectivity index (χ2v) is 14.8. The number of nitriles is 1. The summed E-state index contributed by atoms with van der Waals surface area (Å²) in [6, 6.07) is 11.7. The smallest absolute Gasteiger partial charge is 0.319 e. The minimum Gasteiger partial charge on any atom is -0.461 e. The summed E-state index contributed by atoms with van der Waals surface area (Å²) in [5.74, 6) is -0.383. The number of pyridine rings is 1. The topological polar surface area (TPSA) is 124 Å². The zero-order valence-corrected chi connectivity index (χ0v) is 30.9. The van der Waals surface area contributed by atoms with E-state index in [1.54, 1.807) is 55.2 Å². The zero-order valence-electron chi connectivity index (χ0n) is 30.9. The Morgan fingerprint density at radius 3 is 2.71 bits per heavy atom. The number of halogens is 3. The number of fused-ring (bicyclic) bond motifs is 3. The van der Waals surface area contributed by atoms with Crippen molar-refractivity contribution in [1.82, 2.24) is 34.7 Å². The van der Waals surface area contributed by atoms with E-state index in [1.165, 1.54) is 18.3 Å². The highest BCUT2D eigenvalue weighted by Gasteiger charge is 2.49. The number of carbonyl (C=O) groups is 1. The molecular weight excluding hydrogens is 708 g/mol. The Labute approximate surface area is 316 Å². The van der Waals surface area contributed by atoms with Gasteiger partial charge >= 0.3 is 6.01 Å². The van der Waals surface area contributed by atoms with Gasteiger partial charge in [-0.15, -0.1) is 0 Å². The van der Waals surface area contributed by atoms with Crippen LogP contribution in [0.4, 0.5) is 19.0 Å². The number of anilines is 1. The largest absolute Gasteiger partial charge is 0.461 e. The Kier molecular flexibility index (Phi) is 9.58. The Balaban J connectivity index is 1.16. The van der Waals surface area contributed by atoms with E-state index < -0.39 is 23.6 Å². The van der Waals surface area contributed by atoms with Crippen LogP contribution in [0.1, 0.15) is 48.5 Å². The highest BCUT2D eigenvalue weighted by Crippen LogP contribution is 2.41. The Bertz CT molecular complexity index is 2380. The fraction of sp³-hybridized carbons (Fsp3) is 0.390. The minimum absolute atomic E-state index is 0.0230. The van der Waals surface area contributed by atoms with Gasteiger partial charge < -0.3 is 14.5 Å². The van der Waals surface area contributed by atoms with Crippen molar-refractivity contribution < 1.29 is 22.7 Å². The number of nitrogens with zero attached hydrogens (tertiary/aromatic N) is 9. The quantitative estimate of drug-likeness (QED) is 0.164. The summed E-state index contributed by atoms with van der Waals surface area (Å²) in [4.78, 5) is 41.9. The first-order valence-corrected chi connectivity index (χ1v) is 18.5. The average molecular weight is 748 g/mol. The van der Waals surface area contributed by atoms with Crippen molar-refractivity contribution >= 4 is 39.5 Å². The lowest BCUT2D eigenvalue weighted by Crippen LogP contribution is -2.55. The lowest BCUT2D eigenvalue weighted by Gasteiger charge is -2.41. The third-order valence-corrected chi connectivity index (χ3v) is 11.2. The molecule has 3 aliphatic heterocycles. The van der Waals surface area contributed by atoms with Gasteiger partial charge in [-0.05, 0) is 74.7 Å². The van der Waals surface area contributed by atoms with Crippen LogP contribution in [0.3, 0.4) is 0 Å². The van der Waals surface area contributed by atoms with Gasteiger partial charge in [-0.1, -0.05) is 24.3 Å². The number of hydrogen-bond acceptors (Lipinski definition) is 10. The van der Waals surface area contributed by atoms with Crippen LogP contribution in [-0.4, -0.2) is 97.7 Å². The third-order valence-electron chi connectivity index (χ3n) is 11.2. The molecule has 11 nitrogen and oxygen atoms in total. The first-order valence-electron chi connectivity index (χ1n) is 18.5. The number of benzene rings is 2. The molecule has 0 N–H and O–H groups in total. The van der Waals surface area contributed by atoms with Gasteiger partial charge in [-0.3, -0.25) is 14.7 Å². The van der Waals surface area contributed by atoms with Crippen molar-refractivity contribution in [1.29, 1.82) is 5.26 Å². The summed E-state index contributed by atoms with van der Waals surface area (Å²) >= 11 is 0. The van der Waals surface area contributed by atoms with E-state index in [9.17, 15) is 18.8 Å². The number of ether oxygens (including phenoxy) is 1. The van der Waals surface area contributed by atoms with Crippen LogP contribution in [0.15, 0.2) is 48.7 Å². The summed E-state index contributed by atoms with van der Waals surface area (Å²) in [7, 11) is 0. The highest BCUT2D eigenvalue weighted by molar-refractivity contribution is 6.00. The van der Waals surface area contributed by atoms with Crippen LogP contribution < -0.4 is 9.64 Å². The van der Waals surface area contributed by atoms with Gasteiger partial charge in [0.2, 0.25) is 5.91 Å². The summed E-state index contributed by atoms with van der Waals surface area (Å²) in [5.41, 5.74) is 1.84. The Morgan fingerprint density at radius 1 is 1.04 bits per heavy atom. The van der Waals surface area contributed by atoms with Crippen LogP contribution >= 0.6 is 0 Å². The van der Waals surface area contributed by atoms with E-state index >= 15 is 4.39 Å². The lowest BCUT2D eigenvalue weighted by molar-refractivity contribution is -0.128. The molecule has 5 aromatic rings. The normalized spacial score (nSPS) is 21.5. The number of aryl methyl sites for hydroxylation is 3. The average Bonchev–Trinajstić information content (AvgIpc) is 3.70. The van der Waals surface area contributed by atoms with Gasteiger partial charge in [0, 0.05) is 56.1 Å². The Morgan fingerprint density at radius 2 is 1.89 bits per heavy atom. The predicted molar refractivity (Wildman–Crippen MR) is 202 cm³/mol. The maximum absolute atomic E-state index is 17.0. The molecule has 14 heteroatoms. The second-order valence-electron chi connectivity index (χ2n) is 14.8. The molecule has 0 unspecified atom stereocenters. The monoisotopic (exact) mass is 747 g/mol. The van der Waals surface area contributed by atoms with Crippen molar-refractivity contribution in [2.45, 2.75) is 64.2 Å². The first kappa shape index (κ1) is 36.3.